The third kappa shape index (κ3) is 2.67. The first-order chi connectivity index (χ1) is 7.45. The summed E-state index contributed by atoms with van der Waals surface area (Å²) in [5, 5.41) is 19.4. The molecule has 1 aromatic rings. The Kier molecular flexibility index (Phi) is 3.80. The van der Waals surface area contributed by atoms with E-state index in [9.17, 15) is 14.4 Å². The van der Waals surface area contributed by atoms with Gasteiger partial charge in [0.25, 0.3) is 5.91 Å². The number of carbonyl (C=O) groups excluding carboxylic acids is 1. The number of carboxylic acids is 1. The summed E-state index contributed by atoms with van der Waals surface area (Å²) >= 11 is 0.689. The van der Waals surface area contributed by atoms with E-state index in [1.165, 1.54) is 6.92 Å². The van der Waals surface area contributed by atoms with E-state index in [1.807, 2.05) is 0 Å². The number of carbonyl (C=O) groups is 2. The highest BCUT2D eigenvalue weighted by molar-refractivity contribution is 7.11. The zero-order valence-corrected chi connectivity index (χ0v) is 9.13. The standard InChI is InChI=1S/C8H10N2O5S/c1-3-5(16-8(15)9-3)6(12)10-4(2-11)7(13)14/h4,11H,2H2,1H3,(H,9,15)(H,10,12)(H,13,14). The van der Waals surface area contributed by atoms with Crippen molar-refractivity contribution >= 4 is 23.2 Å². The number of aromatic nitrogens is 1. The smallest absolute Gasteiger partial charge is 0.328 e. The van der Waals surface area contributed by atoms with Crippen molar-refractivity contribution in [3.8, 4) is 0 Å². The minimum Gasteiger partial charge on any atom is -0.480 e. The van der Waals surface area contributed by atoms with E-state index in [2.05, 4.69) is 10.3 Å². The van der Waals surface area contributed by atoms with Gasteiger partial charge in [0, 0.05) is 5.69 Å². The Morgan fingerprint density at radius 2 is 2.19 bits per heavy atom. The summed E-state index contributed by atoms with van der Waals surface area (Å²) in [5.74, 6) is -2.03. The molecule has 1 unspecified atom stereocenters. The molecule has 1 atom stereocenters. The van der Waals surface area contributed by atoms with E-state index < -0.39 is 29.4 Å². The number of hydrogen-bond donors (Lipinski definition) is 4. The summed E-state index contributed by atoms with van der Waals surface area (Å²) in [6, 6.07) is -1.37. The number of H-pyrrole nitrogens is 1. The van der Waals surface area contributed by atoms with Gasteiger partial charge in [-0.1, -0.05) is 11.3 Å². The Morgan fingerprint density at radius 3 is 2.56 bits per heavy atom. The lowest BCUT2D eigenvalue weighted by Gasteiger charge is -2.10. The second-order valence-corrected chi connectivity index (χ2v) is 4.00. The molecule has 0 saturated heterocycles. The Hall–Kier alpha value is -1.67. The van der Waals surface area contributed by atoms with Crippen molar-refractivity contribution in [1.82, 2.24) is 10.3 Å². The molecular formula is C8H10N2O5S. The summed E-state index contributed by atoms with van der Waals surface area (Å²) in [4.78, 5) is 35.1. The van der Waals surface area contributed by atoms with Crippen LogP contribution in [0.15, 0.2) is 4.79 Å². The molecule has 1 heterocycles. The normalized spacial score (nSPS) is 12.1. The van der Waals surface area contributed by atoms with Gasteiger partial charge in [-0.3, -0.25) is 9.59 Å². The summed E-state index contributed by atoms with van der Waals surface area (Å²) < 4.78 is 0. The fourth-order valence-corrected chi connectivity index (χ4v) is 1.78. The Morgan fingerprint density at radius 1 is 1.56 bits per heavy atom. The molecule has 7 nitrogen and oxygen atoms in total. The summed E-state index contributed by atoms with van der Waals surface area (Å²) in [5.41, 5.74) is 0.370. The first kappa shape index (κ1) is 12.4. The van der Waals surface area contributed by atoms with Crippen LogP contribution in [0.2, 0.25) is 0 Å². The molecule has 88 valence electrons. The van der Waals surface area contributed by atoms with Crippen LogP contribution in [0.5, 0.6) is 0 Å². The van der Waals surface area contributed by atoms with Crippen LogP contribution in [0.1, 0.15) is 15.4 Å². The molecular weight excluding hydrogens is 236 g/mol. The largest absolute Gasteiger partial charge is 0.480 e. The van der Waals surface area contributed by atoms with Gasteiger partial charge in [0.1, 0.15) is 4.88 Å². The van der Waals surface area contributed by atoms with Crippen LogP contribution >= 0.6 is 11.3 Å². The molecule has 0 aliphatic carbocycles. The SMILES string of the molecule is Cc1[nH]c(=O)sc1C(=O)NC(CO)C(=O)O. The molecule has 0 aromatic carbocycles. The van der Waals surface area contributed by atoms with Gasteiger partial charge in [0.15, 0.2) is 6.04 Å². The molecule has 0 saturated carbocycles. The lowest BCUT2D eigenvalue weighted by molar-refractivity contribution is -0.140. The number of aromatic amines is 1. The molecule has 0 aliphatic rings. The monoisotopic (exact) mass is 246 g/mol. The number of aliphatic carboxylic acids is 1. The molecule has 0 spiro atoms. The van der Waals surface area contributed by atoms with E-state index >= 15 is 0 Å². The average Bonchev–Trinajstić information content (AvgIpc) is 2.53. The quantitative estimate of drug-likeness (QED) is 0.538. The molecule has 1 rings (SSSR count). The second-order valence-electron chi connectivity index (χ2n) is 3.02. The zero-order chi connectivity index (χ0) is 12.3. The molecule has 4 N–H and O–H groups in total. The van der Waals surface area contributed by atoms with Crippen molar-refractivity contribution in [2.75, 3.05) is 6.61 Å². The summed E-state index contributed by atoms with van der Waals surface area (Å²) in [6.45, 7) is 0.820. The molecule has 1 amide bonds. The molecule has 8 heteroatoms. The van der Waals surface area contributed by atoms with Gasteiger partial charge in [0.05, 0.1) is 6.61 Å². The molecule has 0 fully saturated rings. The minimum atomic E-state index is -1.37. The van der Waals surface area contributed by atoms with Gasteiger partial charge in [-0.15, -0.1) is 0 Å². The van der Waals surface area contributed by atoms with Crippen LogP contribution in [0.25, 0.3) is 0 Å². The Balaban J connectivity index is 2.83. The Bertz CT molecular complexity index is 463. The van der Waals surface area contributed by atoms with Crippen LogP contribution in [0.3, 0.4) is 0 Å². The highest BCUT2D eigenvalue weighted by atomic mass is 32.1. The minimum absolute atomic E-state index is 0.115. The van der Waals surface area contributed by atoms with Crippen LogP contribution < -0.4 is 10.2 Å². The number of thiazole rings is 1. The van der Waals surface area contributed by atoms with Crippen molar-refractivity contribution in [3.05, 3.63) is 20.2 Å². The average molecular weight is 246 g/mol. The number of aryl methyl sites for hydroxylation is 1. The summed E-state index contributed by atoms with van der Waals surface area (Å²) in [7, 11) is 0. The number of nitrogens with one attached hydrogen (secondary N) is 2. The predicted octanol–water partition coefficient (Wildman–Crippen LogP) is -1.08. The van der Waals surface area contributed by atoms with E-state index in [0.717, 1.165) is 0 Å². The highest BCUT2D eigenvalue weighted by Crippen LogP contribution is 2.07. The molecule has 16 heavy (non-hydrogen) atoms. The van der Waals surface area contributed by atoms with Gasteiger partial charge in [-0.05, 0) is 6.92 Å². The van der Waals surface area contributed by atoms with Crippen LogP contribution in [-0.4, -0.2) is 39.7 Å². The lowest BCUT2D eigenvalue weighted by Crippen LogP contribution is -2.43. The van der Waals surface area contributed by atoms with Crippen molar-refractivity contribution in [3.63, 3.8) is 0 Å². The van der Waals surface area contributed by atoms with Crippen LogP contribution in [-0.2, 0) is 4.79 Å². The maximum atomic E-state index is 11.5. The fourth-order valence-electron chi connectivity index (χ4n) is 1.03. The third-order valence-corrected chi connectivity index (χ3v) is 2.80. The van der Waals surface area contributed by atoms with Gasteiger partial charge in [-0.25, -0.2) is 4.79 Å². The first-order valence-electron chi connectivity index (χ1n) is 4.30. The molecule has 1 aromatic heterocycles. The third-order valence-electron chi connectivity index (χ3n) is 1.82. The van der Waals surface area contributed by atoms with Crippen molar-refractivity contribution in [2.45, 2.75) is 13.0 Å². The van der Waals surface area contributed by atoms with E-state index in [0.29, 0.717) is 17.0 Å². The molecule has 0 bridgehead atoms. The van der Waals surface area contributed by atoms with E-state index in [1.54, 1.807) is 0 Å². The molecule has 0 aliphatic heterocycles. The molecule has 0 radical (unpaired) electrons. The number of carboxylic acid groups (broad SMARTS) is 1. The number of aliphatic hydroxyl groups excluding tert-OH is 1. The topological polar surface area (TPSA) is 119 Å². The Labute approximate surface area is 93.7 Å². The number of rotatable bonds is 4. The zero-order valence-electron chi connectivity index (χ0n) is 8.31. The van der Waals surface area contributed by atoms with Crippen LogP contribution in [0.4, 0.5) is 0 Å². The van der Waals surface area contributed by atoms with Crippen molar-refractivity contribution in [2.24, 2.45) is 0 Å². The van der Waals surface area contributed by atoms with E-state index in [-0.39, 0.29) is 4.88 Å². The first-order valence-corrected chi connectivity index (χ1v) is 5.11. The van der Waals surface area contributed by atoms with Gasteiger partial charge >= 0.3 is 10.8 Å². The second kappa shape index (κ2) is 4.90. The predicted molar refractivity (Wildman–Crippen MR) is 55.7 cm³/mol. The fraction of sp³-hybridized carbons (Fsp3) is 0.375. The maximum absolute atomic E-state index is 11.5. The van der Waals surface area contributed by atoms with Crippen molar-refractivity contribution < 1.29 is 19.8 Å². The van der Waals surface area contributed by atoms with Gasteiger partial charge in [-0.2, -0.15) is 0 Å². The van der Waals surface area contributed by atoms with E-state index in [4.69, 9.17) is 10.2 Å². The summed E-state index contributed by atoms with van der Waals surface area (Å²) in [6.07, 6.45) is 0. The number of hydrogen-bond acceptors (Lipinski definition) is 5. The highest BCUT2D eigenvalue weighted by Gasteiger charge is 2.21. The van der Waals surface area contributed by atoms with Crippen LogP contribution in [0, 0.1) is 6.92 Å². The van der Waals surface area contributed by atoms with Gasteiger partial charge in [0.2, 0.25) is 0 Å². The number of aliphatic hydroxyl groups is 1. The van der Waals surface area contributed by atoms with Gasteiger partial charge < -0.3 is 20.5 Å². The van der Waals surface area contributed by atoms with Crippen molar-refractivity contribution in [1.29, 1.82) is 0 Å². The number of amides is 1. The maximum Gasteiger partial charge on any atom is 0.328 e. The lowest BCUT2D eigenvalue weighted by atomic mass is 10.3.